The Morgan fingerprint density at radius 2 is 1.86 bits per heavy atom. The lowest BCUT2D eigenvalue weighted by Gasteiger charge is -2.31. The number of para-hydroxylation sites is 2. The molecule has 0 spiro atoms. The Bertz CT molecular complexity index is 672. The minimum absolute atomic E-state index is 0.209. The molecule has 0 bridgehead atoms. The van der Waals surface area contributed by atoms with Crippen molar-refractivity contribution in [3.63, 3.8) is 0 Å². The fourth-order valence-corrected chi connectivity index (χ4v) is 2.79. The first-order valence-electron chi connectivity index (χ1n) is 6.97. The average molecular weight is 304 g/mol. The van der Waals surface area contributed by atoms with Gasteiger partial charge in [0.15, 0.2) is 17.6 Å². The lowest BCUT2D eigenvalue weighted by molar-refractivity contribution is 0.0720. The van der Waals surface area contributed by atoms with E-state index < -0.39 is 0 Å². The summed E-state index contributed by atoms with van der Waals surface area (Å²) >= 11 is 6.15. The highest BCUT2D eigenvalue weighted by atomic mass is 35.5. The number of ether oxygens (including phenoxy) is 2. The Kier molecular flexibility index (Phi) is 3.79. The first-order valence-corrected chi connectivity index (χ1v) is 7.35. The summed E-state index contributed by atoms with van der Waals surface area (Å²) in [5.74, 6) is 1.51. The largest absolute Gasteiger partial charge is 0.486 e. The molecule has 110 valence electrons. The number of fused-ring (bicyclic) bond motifs is 1. The van der Waals surface area contributed by atoms with Crippen LogP contribution in [-0.4, -0.2) is 12.7 Å². The summed E-state index contributed by atoms with van der Waals surface area (Å²) in [7, 11) is 0. The predicted molar refractivity (Wildman–Crippen MR) is 84.2 cm³/mol. The van der Waals surface area contributed by atoms with Gasteiger partial charge in [-0.3, -0.25) is 0 Å². The van der Waals surface area contributed by atoms with Gasteiger partial charge in [-0.25, -0.2) is 0 Å². The molecule has 0 amide bonds. The van der Waals surface area contributed by atoms with E-state index in [0.29, 0.717) is 6.61 Å². The van der Waals surface area contributed by atoms with Crippen LogP contribution < -0.4 is 15.2 Å². The van der Waals surface area contributed by atoms with Crippen molar-refractivity contribution in [1.29, 1.82) is 0 Å². The van der Waals surface area contributed by atoms with Crippen LogP contribution in [0, 0.1) is 13.8 Å². The molecule has 0 saturated carbocycles. The molecule has 21 heavy (non-hydrogen) atoms. The number of benzene rings is 2. The van der Waals surface area contributed by atoms with Crippen molar-refractivity contribution in [2.45, 2.75) is 26.0 Å². The number of hydrogen-bond donors (Lipinski definition) is 1. The van der Waals surface area contributed by atoms with E-state index in [1.54, 1.807) is 0 Å². The highest BCUT2D eigenvalue weighted by Crippen LogP contribution is 2.35. The summed E-state index contributed by atoms with van der Waals surface area (Å²) in [5, 5.41) is 0.759. The molecule has 0 aromatic heterocycles. The summed E-state index contributed by atoms with van der Waals surface area (Å²) < 4.78 is 11.7. The van der Waals surface area contributed by atoms with Crippen molar-refractivity contribution < 1.29 is 9.47 Å². The van der Waals surface area contributed by atoms with Crippen molar-refractivity contribution in [2.75, 3.05) is 6.61 Å². The van der Waals surface area contributed by atoms with E-state index in [2.05, 4.69) is 0 Å². The first kappa shape index (κ1) is 14.2. The molecule has 2 N–H and O–H groups in total. The molecule has 2 aromatic carbocycles. The van der Waals surface area contributed by atoms with E-state index in [1.807, 2.05) is 50.2 Å². The van der Waals surface area contributed by atoms with Crippen molar-refractivity contribution in [3.8, 4) is 11.5 Å². The van der Waals surface area contributed by atoms with Crippen LogP contribution in [0.1, 0.15) is 22.7 Å². The Hall–Kier alpha value is -1.71. The summed E-state index contributed by atoms with van der Waals surface area (Å²) in [6.07, 6.45) is -0.209. The molecular formula is C17H18ClNO2. The molecule has 3 rings (SSSR count). The third-order valence-corrected chi connectivity index (χ3v) is 4.24. The quantitative estimate of drug-likeness (QED) is 0.918. The maximum atomic E-state index is 6.40. The van der Waals surface area contributed by atoms with Gasteiger partial charge in [0.2, 0.25) is 0 Å². The van der Waals surface area contributed by atoms with Gasteiger partial charge in [-0.2, -0.15) is 0 Å². The Balaban J connectivity index is 1.87. The van der Waals surface area contributed by atoms with Crippen molar-refractivity contribution >= 4 is 11.6 Å². The molecule has 1 aliphatic heterocycles. The molecule has 1 heterocycles. The van der Waals surface area contributed by atoms with Gasteiger partial charge < -0.3 is 15.2 Å². The molecular weight excluding hydrogens is 286 g/mol. The SMILES string of the molecule is Cc1cc(C(N)C2COc3ccccc3O2)c(C)cc1Cl. The summed E-state index contributed by atoms with van der Waals surface area (Å²) in [5.41, 5.74) is 9.53. The summed E-state index contributed by atoms with van der Waals surface area (Å²) in [4.78, 5) is 0. The molecule has 0 saturated heterocycles. The van der Waals surface area contributed by atoms with Crippen LogP contribution in [-0.2, 0) is 0 Å². The van der Waals surface area contributed by atoms with Crippen LogP contribution in [0.2, 0.25) is 5.02 Å². The van der Waals surface area contributed by atoms with Crippen LogP contribution in [0.4, 0.5) is 0 Å². The zero-order valence-corrected chi connectivity index (χ0v) is 12.9. The molecule has 3 nitrogen and oxygen atoms in total. The lowest BCUT2D eigenvalue weighted by atomic mass is 9.95. The third kappa shape index (κ3) is 2.71. The van der Waals surface area contributed by atoms with E-state index in [4.69, 9.17) is 26.8 Å². The minimum Gasteiger partial charge on any atom is -0.486 e. The topological polar surface area (TPSA) is 44.5 Å². The van der Waals surface area contributed by atoms with Gasteiger partial charge in [0.25, 0.3) is 0 Å². The van der Waals surface area contributed by atoms with Crippen LogP contribution >= 0.6 is 11.6 Å². The van der Waals surface area contributed by atoms with Crippen LogP contribution in [0.3, 0.4) is 0 Å². The fraction of sp³-hybridized carbons (Fsp3) is 0.294. The molecule has 0 fully saturated rings. The second-order valence-corrected chi connectivity index (χ2v) is 5.81. The van der Waals surface area contributed by atoms with Crippen LogP contribution in [0.15, 0.2) is 36.4 Å². The molecule has 0 aliphatic carbocycles. The Labute approximate surface area is 129 Å². The van der Waals surface area contributed by atoms with Gasteiger partial charge in [0, 0.05) is 5.02 Å². The number of rotatable bonds is 2. The van der Waals surface area contributed by atoms with Crippen molar-refractivity contribution in [2.24, 2.45) is 5.73 Å². The average Bonchev–Trinajstić information content (AvgIpc) is 2.50. The highest BCUT2D eigenvalue weighted by molar-refractivity contribution is 6.31. The zero-order valence-electron chi connectivity index (χ0n) is 12.1. The standard InChI is InChI=1S/C17H18ClNO2/c1-10-8-13(18)11(2)7-12(10)17(19)16-9-20-14-5-3-4-6-15(14)21-16/h3-8,16-17H,9,19H2,1-2H3. The van der Waals surface area contributed by atoms with Gasteiger partial charge in [-0.05, 0) is 48.7 Å². The molecule has 2 atom stereocenters. The maximum Gasteiger partial charge on any atom is 0.161 e. The summed E-state index contributed by atoms with van der Waals surface area (Å²) in [6.45, 7) is 4.43. The smallest absolute Gasteiger partial charge is 0.161 e. The van der Waals surface area contributed by atoms with Gasteiger partial charge >= 0.3 is 0 Å². The van der Waals surface area contributed by atoms with E-state index in [9.17, 15) is 0 Å². The maximum absolute atomic E-state index is 6.40. The monoisotopic (exact) mass is 303 g/mol. The second kappa shape index (κ2) is 5.58. The predicted octanol–water partition coefficient (Wildman–Crippen LogP) is 3.80. The molecule has 2 aromatic rings. The number of halogens is 1. The van der Waals surface area contributed by atoms with E-state index >= 15 is 0 Å². The van der Waals surface area contributed by atoms with Crippen LogP contribution in [0.5, 0.6) is 11.5 Å². The highest BCUT2D eigenvalue weighted by Gasteiger charge is 2.28. The van der Waals surface area contributed by atoms with Gasteiger partial charge in [-0.1, -0.05) is 29.8 Å². The number of hydrogen-bond acceptors (Lipinski definition) is 3. The molecule has 4 heteroatoms. The normalized spacial score (nSPS) is 18.4. The second-order valence-electron chi connectivity index (χ2n) is 5.40. The lowest BCUT2D eigenvalue weighted by Crippen LogP contribution is -2.39. The van der Waals surface area contributed by atoms with E-state index in [0.717, 1.165) is 33.2 Å². The Morgan fingerprint density at radius 3 is 2.62 bits per heavy atom. The van der Waals surface area contributed by atoms with Crippen LogP contribution in [0.25, 0.3) is 0 Å². The van der Waals surface area contributed by atoms with Gasteiger partial charge in [-0.15, -0.1) is 0 Å². The minimum atomic E-state index is -0.255. The van der Waals surface area contributed by atoms with Crippen molar-refractivity contribution in [3.05, 3.63) is 58.1 Å². The first-order chi connectivity index (χ1) is 10.1. The number of aryl methyl sites for hydroxylation is 2. The zero-order chi connectivity index (χ0) is 15.0. The Morgan fingerprint density at radius 1 is 1.14 bits per heavy atom. The third-order valence-electron chi connectivity index (χ3n) is 3.84. The number of nitrogens with two attached hydrogens (primary N) is 1. The summed E-state index contributed by atoms with van der Waals surface area (Å²) in [6, 6.07) is 11.4. The molecule has 2 unspecified atom stereocenters. The van der Waals surface area contributed by atoms with Crippen molar-refractivity contribution in [1.82, 2.24) is 0 Å². The molecule has 0 radical (unpaired) electrons. The molecule has 1 aliphatic rings. The van der Waals surface area contributed by atoms with E-state index in [1.165, 1.54) is 0 Å². The van der Waals surface area contributed by atoms with Gasteiger partial charge in [0.05, 0.1) is 6.04 Å². The van der Waals surface area contributed by atoms with Gasteiger partial charge in [0.1, 0.15) is 6.61 Å². The fourth-order valence-electron chi connectivity index (χ4n) is 2.58. The van der Waals surface area contributed by atoms with E-state index in [-0.39, 0.29) is 12.1 Å².